The maximum Gasteiger partial charge on any atom is 0.419 e. The van der Waals surface area contributed by atoms with Gasteiger partial charge in [0.25, 0.3) is 0 Å². The monoisotopic (exact) mass is 679 g/mol. The maximum atomic E-state index is 13.9. The van der Waals surface area contributed by atoms with Crippen LogP contribution in [0.15, 0.2) is 54.3 Å². The number of hydrogen-bond acceptors (Lipinski definition) is 10. The van der Waals surface area contributed by atoms with Gasteiger partial charge in [-0.2, -0.15) is 18.3 Å². The number of nitrogens with one attached hydrogen (secondary N) is 1. The van der Waals surface area contributed by atoms with Gasteiger partial charge in [-0.15, -0.1) is 0 Å². The summed E-state index contributed by atoms with van der Waals surface area (Å²) in [5, 5.41) is 7.15. The highest BCUT2D eigenvalue weighted by Crippen LogP contribution is 2.37. The lowest BCUT2D eigenvalue weighted by molar-refractivity contribution is -0.137. The lowest BCUT2D eigenvalue weighted by Gasteiger charge is -2.36. The van der Waals surface area contributed by atoms with E-state index >= 15 is 0 Å². The second-order valence-corrected chi connectivity index (χ2v) is 13.2. The van der Waals surface area contributed by atoms with Crippen molar-refractivity contribution in [2.45, 2.75) is 68.1 Å². The Morgan fingerprint density at radius 1 is 1.02 bits per heavy atom. The summed E-state index contributed by atoms with van der Waals surface area (Å²) in [5.74, 6) is -0.414. The number of pyridine rings is 1. The summed E-state index contributed by atoms with van der Waals surface area (Å²) >= 11 is 0. The second kappa shape index (κ2) is 13.6. The number of sulfone groups is 1. The van der Waals surface area contributed by atoms with Gasteiger partial charge >= 0.3 is 6.18 Å². The number of aryl methyl sites for hydroxylation is 1. The van der Waals surface area contributed by atoms with Crippen LogP contribution in [-0.4, -0.2) is 73.8 Å². The third-order valence-corrected chi connectivity index (χ3v) is 8.71. The summed E-state index contributed by atoms with van der Waals surface area (Å²) in [7, 11) is -2.01. The molecule has 4 heterocycles. The van der Waals surface area contributed by atoms with Gasteiger partial charge < -0.3 is 5.32 Å². The molecule has 5 rings (SSSR count). The lowest BCUT2D eigenvalue weighted by Crippen LogP contribution is -2.45. The molecule has 47 heavy (non-hydrogen) atoms. The fourth-order valence-corrected chi connectivity index (χ4v) is 5.90. The van der Waals surface area contributed by atoms with Gasteiger partial charge in [-0.1, -0.05) is 0 Å². The molecule has 4 aromatic rings. The molecule has 1 N–H and O–H groups in total. The molecule has 0 spiro atoms. The van der Waals surface area contributed by atoms with Gasteiger partial charge in [0.05, 0.1) is 34.9 Å². The Bertz CT molecular complexity index is 1830. The molecule has 1 fully saturated rings. The Balaban J connectivity index is 1.34. The summed E-state index contributed by atoms with van der Waals surface area (Å²) in [6, 6.07) is 0.375. The van der Waals surface area contributed by atoms with E-state index in [2.05, 4.69) is 35.3 Å². The van der Waals surface area contributed by atoms with Crippen LogP contribution < -0.4 is 10.2 Å². The Morgan fingerprint density at radius 2 is 1.77 bits per heavy atom. The van der Waals surface area contributed by atoms with E-state index in [1.54, 1.807) is 24.1 Å². The van der Waals surface area contributed by atoms with Crippen molar-refractivity contribution in [1.82, 2.24) is 34.7 Å². The van der Waals surface area contributed by atoms with Crippen LogP contribution in [0.5, 0.6) is 0 Å². The van der Waals surface area contributed by atoms with E-state index in [4.69, 9.17) is 0 Å². The van der Waals surface area contributed by atoms with Crippen molar-refractivity contribution in [3.8, 4) is 22.5 Å². The second-order valence-electron chi connectivity index (χ2n) is 11.1. The predicted octanol–water partition coefficient (Wildman–Crippen LogP) is 4.95. The van der Waals surface area contributed by atoms with Crippen LogP contribution >= 0.6 is 0 Å². The van der Waals surface area contributed by atoms with E-state index in [0.29, 0.717) is 43.1 Å². The molecule has 1 aliphatic rings. The van der Waals surface area contributed by atoms with Crippen molar-refractivity contribution in [3.05, 3.63) is 55.0 Å². The number of rotatable bonds is 10. The van der Waals surface area contributed by atoms with Gasteiger partial charge in [-0.25, -0.2) is 32.2 Å². The smallest absolute Gasteiger partial charge is 0.351 e. The molecular formula is C29H30F5N9O3S. The zero-order chi connectivity index (χ0) is 33.9. The van der Waals surface area contributed by atoms with Gasteiger partial charge in [-0.3, -0.25) is 24.3 Å². The summed E-state index contributed by atoms with van der Waals surface area (Å²) in [6.07, 6.45) is 3.15. The molecule has 0 aliphatic heterocycles. The largest absolute Gasteiger partial charge is 0.419 e. The average molecular weight is 680 g/mol. The van der Waals surface area contributed by atoms with Crippen molar-refractivity contribution in [2.75, 3.05) is 16.5 Å². The van der Waals surface area contributed by atoms with E-state index in [0.717, 1.165) is 24.7 Å². The SMILES string of the molecule is Cn1cc(-c2cnc(N(C(=O)CCC(F)F)[C@H]3CC[C@H](Nc4ncc(C(F)(F)F)c(-c5cncc(S(C)(=O)=O)c5)n4)CC3)cn2)cn1. The van der Waals surface area contributed by atoms with Crippen LogP contribution in [0.1, 0.15) is 44.1 Å². The van der Waals surface area contributed by atoms with E-state index in [1.807, 2.05) is 0 Å². The highest BCUT2D eigenvalue weighted by Gasteiger charge is 2.36. The highest BCUT2D eigenvalue weighted by atomic mass is 32.2. The fraction of sp³-hybridized carbons (Fsp3) is 0.414. The quantitative estimate of drug-likeness (QED) is 0.228. The molecule has 1 saturated carbocycles. The third-order valence-electron chi connectivity index (χ3n) is 7.63. The minimum Gasteiger partial charge on any atom is -0.351 e. The molecule has 4 aromatic heterocycles. The summed E-state index contributed by atoms with van der Waals surface area (Å²) in [4.78, 5) is 34.9. The fourth-order valence-electron chi connectivity index (χ4n) is 5.31. The van der Waals surface area contributed by atoms with Crippen LogP contribution in [0.2, 0.25) is 0 Å². The van der Waals surface area contributed by atoms with Crippen molar-refractivity contribution in [3.63, 3.8) is 0 Å². The standard InChI is InChI=1S/C29H30F5N9O3S/c1-42-16-18(11-39-42)23-14-37-25(15-36-23)43(26(44)8-7-24(30)31)20-5-3-19(4-6-20)40-28-38-13-22(29(32,33)34)27(41-28)17-9-21(12-35-10-17)47(2,45)46/h9-16,19-20,24H,3-8H2,1-2H3,(H,38,40,41)/t19-,20-. The molecule has 1 amide bonds. The number of amides is 1. The minimum atomic E-state index is -4.83. The van der Waals surface area contributed by atoms with Gasteiger partial charge in [-0.05, 0) is 31.7 Å². The predicted molar refractivity (Wildman–Crippen MR) is 160 cm³/mol. The Kier molecular flexibility index (Phi) is 9.78. The molecule has 0 bridgehead atoms. The van der Waals surface area contributed by atoms with E-state index in [1.165, 1.54) is 17.3 Å². The Morgan fingerprint density at radius 3 is 2.36 bits per heavy atom. The molecule has 1 aliphatic carbocycles. The number of hydrogen-bond donors (Lipinski definition) is 1. The maximum absolute atomic E-state index is 13.9. The molecule has 0 radical (unpaired) electrons. The van der Waals surface area contributed by atoms with E-state index < -0.39 is 52.1 Å². The number of nitrogens with zero attached hydrogens (tertiary/aromatic N) is 8. The zero-order valence-electron chi connectivity index (χ0n) is 25.2. The molecule has 18 heteroatoms. The van der Waals surface area contributed by atoms with Crippen LogP contribution in [0.25, 0.3) is 22.5 Å². The highest BCUT2D eigenvalue weighted by molar-refractivity contribution is 7.90. The Labute approximate surface area is 266 Å². The van der Waals surface area contributed by atoms with E-state index in [9.17, 15) is 35.2 Å². The minimum absolute atomic E-state index is 0.108. The van der Waals surface area contributed by atoms with Gasteiger partial charge in [0.1, 0.15) is 5.56 Å². The first-order valence-electron chi connectivity index (χ1n) is 14.5. The average Bonchev–Trinajstić information content (AvgIpc) is 3.46. The van der Waals surface area contributed by atoms with Crippen LogP contribution in [-0.2, 0) is 27.9 Å². The first-order valence-corrected chi connectivity index (χ1v) is 16.4. The number of carbonyl (C=O) groups excluding carboxylic acids is 1. The van der Waals surface area contributed by atoms with Gasteiger partial charge in [0.2, 0.25) is 18.3 Å². The lowest BCUT2D eigenvalue weighted by atomic mass is 9.90. The van der Waals surface area contributed by atoms with Crippen molar-refractivity contribution in [1.29, 1.82) is 0 Å². The topological polar surface area (TPSA) is 149 Å². The van der Waals surface area contributed by atoms with Crippen LogP contribution in [0.4, 0.5) is 33.7 Å². The summed E-state index contributed by atoms with van der Waals surface area (Å²) in [6.45, 7) is 0. The summed E-state index contributed by atoms with van der Waals surface area (Å²) < 4.78 is 93.2. The number of carbonyl (C=O) groups is 1. The van der Waals surface area contributed by atoms with Crippen molar-refractivity contribution in [2.24, 2.45) is 7.05 Å². The van der Waals surface area contributed by atoms with Gasteiger partial charge in [0.15, 0.2) is 15.7 Å². The third kappa shape index (κ3) is 8.22. The molecule has 0 unspecified atom stereocenters. The number of alkyl halides is 5. The van der Waals surface area contributed by atoms with Crippen LogP contribution in [0.3, 0.4) is 0 Å². The molecular weight excluding hydrogens is 649 g/mol. The molecule has 0 aromatic carbocycles. The van der Waals surface area contributed by atoms with Gasteiger partial charge in [0, 0.05) is 74.1 Å². The molecule has 0 atom stereocenters. The Hall–Kier alpha value is -4.61. The zero-order valence-corrected chi connectivity index (χ0v) is 26.0. The first-order chi connectivity index (χ1) is 22.2. The molecule has 0 saturated heterocycles. The molecule has 250 valence electrons. The summed E-state index contributed by atoms with van der Waals surface area (Å²) in [5.41, 5.74) is -0.618. The molecule has 12 nitrogen and oxygen atoms in total. The van der Waals surface area contributed by atoms with E-state index in [-0.39, 0.29) is 34.7 Å². The number of anilines is 2. The first kappa shape index (κ1) is 33.7. The number of aromatic nitrogens is 7. The van der Waals surface area contributed by atoms with Crippen LogP contribution in [0, 0.1) is 0 Å². The van der Waals surface area contributed by atoms with Crippen molar-refractivity contribution >= 4 is 27.5 Å². The van der Waals surface area contributed by atoms with Crippen molar-refractivity contribution < 1.29 is 35.2 Å². The number of halogens is 5. The normalized spacial score (nSPS) is 17.1.